The van der Waals surface area contributed by atoms with Gasteiger partial charge in [-0.05, 0) is 32.1 Å². The molecule has 0 saturated heterocycles. The second-order valence-electron chi connectivity index (χ2n) is 4.12. The number of unbranched alkanes of at least 4 members (excludes halogenated alkanes) is 1. The Balaban J connectivity index is 2.48. The molecule has 3 nitrogen and oxygen atoms in total. The molecule has 3 N–H and O–H groups in total. The van der Waals surface area contributed by atoms with Crippen LogP contribution in [0.4, 0.5) is 0 Å². The van der Waals surface area contributed by atoms with Crippen molar-refractivity contribution in [2.75, 3.05) is 13.2 Å². The highest BCUT2D eigenvalue weighted by atomic mass is 79.9. The minimum absolute atomic E-state index is 0.193. The highest BCUT2D eigenvalue weighted by molar-refractivity contribution is 9.10. The van der Waals surface area contributed by atoms with Crippen LogP contribution >= 0.6 is 15.9 Å². The molecule has 88 valence electrons. The molecule has 0 amide bonds. The summed E-state index contributed by atoms with van der Waals surface area (Å²) in [4.78, 5) is 4.83. The normalized spacial score (nSPS) is 28.1. The van der Waals surface area contributed by atoms with Crippen molar-refractivity contribution < 1.29 is 5.11 Å². The number of aliphatic hydroxyl groups excluding tert-OH is 1. The molecule has 0 aromatic carbocycles. The summed E-state index contributed by atoms with van der Waals surface area (Å²) in [7, 11) is 0. The molecule has 0 radical (unpaired) electrons. The van der Waals surface area contributed by atoms with Gasteiger partial charge >= 0.3 is 0 Å². The first kappa shape index (κ1) is 13.1. The van der Waals surface area contributed by atoms with Crippen LogP contribution in [0.25, 0.3) is 0 Å². The van der Waals surface area contributed by atoms with Crippen LogP contribution in [0.15, 0.2) is 4.99 Å². The van der Waals surface area contributed by atoms with Crippen LogP contribution in [0, 0.1) is 0 Å². The zero-order valence-electron chi connectivity index (χ0n) is 9.16. The maximum absolute atomic E-state index is 8.74. The van der Waals surface area contributed by atoms with Gasteiger partial charge < -0.3 is 10.8 Å². The van der Waals surface area contributed by atoms with Gasteiger partial charge in [-0.1, -0.05) is 22.4 Å². The first-order valence-corrected chi connectivity index (χ1v) is 6.71. The van der Waals surface area contributed by atoms with Crippen molar-refractivity contribution in [3.63, 3.8) is 0 Å². The molecule has 15 heavy (non-hydrogen) atoms. The van der Waals surface area contributed by atoms with E-state index in [1.165, 1.54) is 12.1 Å². The Bertz CT molecular complexity index is 209. The zero-order valence-corrected chi connectivity index (χ0v) is 10.7. The quantitative estimate of drug-likeness (QED) is 0.608. The summed E-state index contributed by atoms with van der Waals surface area (Å²) in [6.07, 6.45) is 6.23. The second kappa shape index (κ2) is 7.36. The average Bonchev–Trinajstić information content (AvgIpc) is 2.23. The molecular weight excluding hydrogens is 256 g/mol. The van der Waals surface area contributed by atoms with Crippen molar-refractivity contribution in [1.29, 1.82) is 0 Å². The van der Waals surface area contributed by atoms with Gasteiger partial charge in [0, 0.05) is 24.9 Å². The number of alkyl halides is 1. The highest BCUT2D eigenvalue weighted by Crippen LogP contribution is 2.18. The summed E-state index contributed by atoms with van der Waals surface area (Å²) in [5.41, 5.74) is 7.26. The highest BCUT2D eigenvalue weighted by Gasteiger charge is 2.21. The number of halogens is 1. The molecule has 0 aliphatic carbocycles. The summed E-state index contributed by atoms with van der Waals surface area (Å²) < 4.78 is 0. The van der Waals surface area contributed by atoms with Crippen LogP contribution in [0.5, 0.6) is 0 Å². The summed E-state index contributed by atoms with van der Waals surface area (Å²) in [5.74, 6) is 0. The van der Waals surface area contributed by atoms with Crippen molar-refractivity contribution in [2.24, 2.45) is 10.7 Å². The van der Waals surface area contributed by atoms with E-state index in [-0.39, 0.29) is 17.5 Å². The lowest BCUT2D eigenvalue weighted by Crippen LogP contribution is -2.37. The van der Waals surface area contributed by atoms with E-state index in [1.54, 1.807) is 0 Å². The number of rotatable bonds is 4. The van der Waals surface area contributed by atoms with E-state index in [4.69, 9.17) is 10.8 Å². The molecule has 1 aliphatic heterocycles. The van der Waals surface area contributed by atoms with Gasteiger partial charge in [-0.2, -0.15) is 0 Å². The lowest BCUT2D eigenvalue weighted by molar-refractivity contribution is 0.285. The molecule has 0 bridgehead atoms. The van der Waals surface area contributed by atoms with E-state index in [9.17, 15) is 0 Å². The van der Waals surface area contributed by atoms with E-state index in [2.05, 4.69) is 20.9 Å². The maximum atomic E-state index is 8.74. The number of hydrogen-bond donors (Lipinski definition) is 2. The van der Waals surface area contributed by atoms with Crippen molar-refractivity contribution in [3.8, 4) is 0 Å². The third-order valence-corrected chi connectivity index (χ3v) is 4.00. The van der Waals surface area contributed by atoms with Crippen LogP contribution in [-0.2, 0) is 0 Å². The Morgan fingerprint density at radius 2 is 2.20 bits per heavy atom. The predicted octanol–water partition coefficient (Wildman–Crippen LogP) is 1.86. The molecule has 1 aliphatic rings. The van der Waals surface area contributed by atoms with Gasteiger partial charge in [-0.25, -0.2) is 0 Å². The zero-order chi connectivity index (χ0) is 11.1. The Morgan fingerprint density at radius 1 is 1.40 bits per heavy atom. The topological polar surface area (TPSA) is 58.6 Å². The Hall–Kier alpha value is 0.0700. The van der Waals surface area contributed by atoms with Crippen molar-refractivity contribution in [3.05, 3.63) is 0 Å². The van der Waals surface area contributed by atoms with Gasteiger partial charge in [-0.15, -0.1) is 0 Å². The number of nitrogens with two attached hydrogens (primary N) is 1. The molecule has 0 fully saturated rings. The summed E-state index contributed by atoms with van der Waals surface area (Å²) in [6.45, 7) is 1.20. The Kier molecular flexibility index (Phi) is 6.45. The molecule has 0 aromatic heterocycles. The van der Waals surface area contributed by atoms with E-state index in [0.29, 0.717) is 0 Å². The van der Waals surface area contributed by atoms with E-state index < -0.39 is 0 Å². The van der Waals surface area contributed by atoms with E-state index in [1.807, 2.05) is 0 Å². The first-order chi connectivity index (χ1) is 7.25. The van der Waals surface area contributed by atoms with Crippen molar-refractivity contribution in [1.82, 2.24) is 0 Å². The molecule has 4 heteroatoms. The van der Waals surface area contributed by atoms with E-state index in [0.717, 1.165) is 38.6 Å². The van der Waals surface area contributed by atoms with Gasteiger partial charge in [-0.3, -0.25) is 4.99 Å². The molecule has 2 unspecified atom stereocenters. The minimum atomic E-state index is 0.193. The fourth-order valence-electron chi connectivity index (χ4n) is 1.83. The standard InChI is InChI=1S/C11H21BrN2O/c12-11-9(13)5-1-3-7-14-10(11)6-2-4-8-15/h9,11,15H,1-8,13H2. The molecule has 0 spiro atoms. The Labute approximate surface area is 100 Å². The molecule has 2 atom stereocenters. The lowest BCUT2D eigenvalue weighted by atomic mass is 9.99. The minimum Gasteiger partial charge on any atom is -0.396 e. The number of aliphatic imine (C=N–C) groups is 1. The monoisotopic (exact) mass is 276 g/mol. The smallest absolute Gasteiger partial charge is 0.0675 e. The van der Waals surface area contributed by atoms with Crippen molar-refractivity contribution >= 4 is 21.6 Å². The fourth-order valence-corrected chi connectivity index (χ4v) is 2.47. The molecule has 1 rings (SSSR count). The van der Waals surface area contributed by atoms with Gasteiger partial charge in [0.1, 0.15) is 0 Å². The van der Waals surface area contributed by atoms with Crippen LogP contribution in [-0.4, -0.2) is 34.8 Å². The second-order valence-corrected chi connectivity index (χ2v) is 5.10. The largest absolute Gasteiger partial charge is 0.396 e. The summed E-state index contributed by atoms with van der Waals surface area (Å²) in [5, 5.41) is 8.74. The van der Waals surface area contributed by atoms with Gasteiger partial charge in [0.2, 0.25) is 0 Å². The van der Waals surface area contributed by atoms with Crippen LogP contribution in [0.1, 0.15) is 38.5 Å². The third kappa shape index (κ3) is 4.62. The third-order valence-electron chi connectivity index (χ3n) is 2.80. The fraction of sp³-hybridized carbons (Fsp3) is 0.909. The van der Waals surface area contributed by atoms with Crippen LogP contribution in [0.3, 0.4) is 0 Å². The SMILES string of the molecule is NC1CCCCN=C(CCCCO)C1Br. The maximum Gasteiger partial charge on any atom is 0.0675 e. The predicted molar refractivity (Wildman–Crippen MR) is 67.8 cm³/mol. The van der Waals surface area contributed by atoms with Gasteiger partial charge in [0.25, 0.3) is 0 Å². The molecular formula is C11H21BrN2O. The van der Waals surface area contributed by atoms with Crippen molar-refractivity contribution in [2.45, 2.75) is 49.4 Å². The van der Waals surface area contributed by atoms with Crippen LogP contribution in [0.2, 0.25) is 0 Å². The molecule has 0 saturated carbocycles. The van der Waals surface area contributed by atoms with E-state index >= 15 is 0 Å². The Morgan fingerprint density at radius 3 is 2.93 bits per heavy atom. The average molecular weight is 277 g/mol. The molecule has 1 heterocycles. The number of aliphatic hydroxyl groups is 1. The summed E-state index contributed by atoms with van der Waals surface area (Å²) in [6, 6.07) is 0.193. The van der Waals surface area contributed by atoms with Gasteiger partial charge in [0.15, 0.2) is 0 Å². The lowest BCUT2D eigenvalue weighted by Gasteiger charge is -2.22. The molecule has 0 aromatic rings. The number of nitrogens with zero attached hydrogens (tertiary/aromatic N) is 1. The number of hydrogen-bond acceptors (Lipinski definition) is 3. The van der Waals surface area contributed by atoms with Gasteiger partial charge in [0.05, 0.1) is 4.83 Å². The first-order valence-electron chi connectivity index (χ1n) is 5.79. The summed E-state index contributed by atoms with van der Waals surface area (Å²) >= 11 is 3.64. The van der Waals surface area contributed by atoms with Crippen LogP contribution < -0.4 is 5.73 Å².